The van der Waals surface area contributed by atoms with Gasteiger partial charge in [-0.3, -0.25) is 0 Å². The average molecular weight is 324 g/mol. The molecule has 0 atom stereocenters. The van der Waals surface area contributed by atoms with E-state index >= 15 is 0 Å². The van der Waals surface area contributed by atoms with Crippen molar-refractivity contribution in [3.05, 3.63) is 47.7 Å². The van der Waals surface area contributed by atoms with E-state index in [4.69, 9.17) is 9.47 Å². The molecule has 122 valence electrons. The quantitative estimate of drug-likeness (QED) is 0.855. The van der Waals surface area contributed by atoms with Gasteiger partial charge in [0, 0.05) is 19.3 Å². The van der Waals surface area contributed by atoms with Crippen LogP contribution >= 0.6 is 0 Å². The highest BCUT2D eigenvalue weighted by molar-refractivity contribution is 5.50. The van der Waals surface area contributed by atoms with Gasteiger partial charge in [-0.1, -0.05) is 6.07 Å². The third kappa shape index (κ3) is 3.18. The predicted octanol–water partition coefficient (Wildman–Crippen LogP) is 3.86. The van der Waals surface area contributed by atoms with Crippen molar-refractivity contribution < 1.29 is 22.6 Å². The highest BCUT2D eigenvalue weighted by atomic mass is 19.4. The largest absolute Gasteiger partial charge is 0.454 e. The van der Waals surface area contributed by atoms with E-state index < -0.39 is 11.7 Å². The highest BCUT2D eigenvalue weighted by Crippen LogP contribution is 2.36. The van der Waals surface area contributed by atoms with Crippen LogP contribution in [0.2, 0.25) is 0 Å². The van der Waals surface area contributed by atoms with Crippen molar-refractivity contribution in [2.75, 3.05) is 18.2 Å². The topological polar surface area (TPSA) is 34.6 Å². The first kappa shape index (κ1) is 15.5. The number of rotatable bonds is 4. The Morgan fingerprint density at radius 2 is 1.96 bits per heavy atom. The van der Waals surface area contributed by atoms with Crippen LogP contribution in [0.1, 0.15) is 18.1 Å². The number of ether oxygens (including phenoxy) is 2. The fraction of sp³-hybridized carbons (Fsp3) is 0.312. The van der Waals surface area contributed by atoms with Crippen molar-refractivity contribution in [1.29, 1.82) is 0 Å². The normalized spacial score (nSPS) is 13.2. The van der Waals surface area contributed by atoms with Crippen LogP contribution in [0, 0.1) is 0 Å². The molecule has 2 aromatic rings. The molecule has 0 bridgehead atoms. The van der Waals surface area contributed by atoms with Gasteiger partial charge in [-0.25, -0.2) is 4.98 Å². The minimum atomic E-state index is -4.44. The van der Waals surface area contributed by atoms with Crippen LogP contribution < -0.4 is 14.4 Å². The third-order valence-corrected chi connectivity index (χ3v) is 3.58. The van der Waals surface area contributed by atoms with Crippen LogP contribution in [0.25, 0.3) is 0 Å². The summed E-state index contributed by atoms with van der Waals surface area (Å²) >= 11 is 0. The maximum atomic E-state index is 13.2. The Balaban J connectivity index is 1.89. The van der Waals surface area contributed by atoms with Gasteiger partial charge in [-0.15, -0.1) is 0 Å². The van der Waals surface area contributed by atoms with Gasteiger partial charge in [0.2, 0.25) is 6.79 Å². The Labute approximate surface area is 131 Å². The van der Waals surface area contributed by atoms with Crippen molar-refractivity contribution in [3.8, 4) is 11.5 Å². The summed E-state index contributed by atoms with van der Waals surface area (Å²) in [5, 5.41) is 0. The zero-order chi connectivity index (χ0) is 16.4. The van der Waals surface area contributed by atoms with Crippen LogP contribution in [-0.2, 0) is 12.7 Å². The number of benzene rings is 1. The van der Waals surface area contributed by atoms with E-state index in [9.17, 15) is 13.2 Å². The molecule has 7 heteroatoms. The van der Waals surface area contributed by atoms with Crippen LogP contribution in [-0.4, -0.2) is 18.3 Å². The summed E-state index contributed by atoms with van der Waals surface area (Å²) in [5.41, 5.74) is 0.0949. The summed E-state index contributed by atoms with van der Waals surface area (Å²) in [6.07, 6.45) is -3.07. The summed E-state index contributed by atoms with van der Waals surface area (Å²) in [6.45, 7) is 2.65. The Morgan fingerprint density at radius 3 is 2.70 bits per heavy atom. The second-order valence-electron chi connectivity index (χ2n) is 5.07. The summed E-state index contributed by atoms with van der Waals surface area (Å²) in [5.74, 6) is 1.18. The Bertz CT molecular complexity index is 704. The van der Waals surface area contributed by atoms with E-state index in [0.29, 0.717) is 24.6 Å². The number of halogens is 3. The number of hydrogen-bond acceptors (Lipinski definition) is 4. The van der Waals surface area contributed by atoms with Crippen LogP contribution in [0.5, 0.6) is 11.5 Å². The lowest BCUT2D eigenvalue weighted by atomic mass is 10.1. The zero-order valence-electron chi connectivity index (χ0n) is 12.4. The van der Waals surface area contributed by atoms with Gasteiger partial charge >= 0.3 is 6.18 Å². The maximum Gasteiger partial charge on any atom is 0.419 e. The number of anilines is 1. The standard InChI is InChI=1S/C16H15F3N2O2/c1-2-21(15-12(16(17,18)19)4-3-7-20-15)9-11-5-6-13-14(8-11)23-10-22-13/h3-8H,2,9-10H2,1H3. The highest BCUT2D eigenvalue weighted by Gasteiger charge is 2.35. The third-order valence-electron chi connectivity index (χ3n) is 3.58. The molecule has 0 saturated carbocycles. The molecule has 0 amide bonds. The number of alkyl halides is 3. The Morgan fingerprint density at radius 1 is 1.17 bits per heavy atom. The second kappa shape index (κ2) is 5.98. The lowest BCUT2D eigenvalue weighted by Gasteiger charge is -2.25. The van der Waals surface area contributed by atoms with Crippen LogP contribution in [0.15, 0.2) is 36.5 Å². The van der Waals surface area contributed by atoms with E-state index in [1.165, 1.54) is 12.3 Å². The molecule has 0 N–H and O–H groups in total. The SMILES string of the molecule is CCN(Cc1ccc2c(c1)OCO2)c1ncccc1C(F)(F)F. The molecule has 0 aliphatic carbocycles. The molecule has 0 radical (unpaired) electrons. The van der Waals surface area contributed by atoms with Gasteiger partial charge in [0.05, 0.1) is 5.56 Å². The lowest BCUT2D eigenvalue weighted by Crippen LogP contribution is -2.26. The first-order valence-corrected chi connectivity index (χ1v) is 7.14. The van der Waals surface area contributed by atoms with Gasteiger partial charge in [0.15, 0.2) is 11.5 Å². The number of hydrogen-bond donors (Lipinski definition) is 0. The molecule has 0 saturated heterocycles. The van der Waals surface area contributed by atoms with E-state index in [1.807, 2.05) is 6.07 Å². The molecule has 0 unspecified atom stereocenters. The molecule has 3 rings (SSSR count). The van der Waals surface area contributed by atoms with E-state index in [-0.39, 0.29) is 12.6 Å². The summed E-state index contributed by atoms with van der Waals surface area (Å²) < 4.78 is 50.0. The predicted molar refractivity (Wildman–Crippen MR) is 78.5 cm³/mol. The fourth-order valence-corrected chi connectivity index (χ4v) is 2.47. The van der Waals surface area contributed by atoms with Crippen molar-refractivity contribution in [2.45, 2.75) is 19.6 Å². The minimum absolute atomic E-state index is 0.0693. The summed E-state index contributed by atoms with van der Waals surface area (Å²) in [4.78, 5) is 5.52. The molecule has 1 aromatic heterocycles. The van der Waals surface area contributed by atoms with Gasteiger partial charge in [0.1, 0.15) is 5.82 Å². The summed E-state index contributed by atoms with van der Waals surface area (Å²) in [6, 6.07) is 7.69. The van der Waals surface area contributed by atoms with Crippen molar-refractivity contribution >= 4 is 5.82 Å². The van der Waals surface area contributed by atoms with Crippen LogP contribution in [0.4, 0.5) is 19.0 Å². The zero-order valence-corrected chi connectivity index (χ0v) is 12.4. The molecule has 4 nitrogen and oxygen atoms in total. The van der Waals surface area contributed by atoms with Crippen molar-refractivity contribution in [1.82, 2.24) is 4.98 Å². The Kier molecular flexibility index (Phi) is 4.02. The summed E-state index contributed by atoms with van der Waals surface area (Å²) in [7, 11) is 0. The molecule has 1 aliphatic rings. The molecule has 0 spiro atoms. The monoisotopic (exact) mass is 324 g/mol. The van der Waals surface area contributed by atoms with E-state index in [0.717, 1.165) is 11.6 Å². The van der Waals surface area contributed by atoms with Gasteiger partial charge in [-0.2, -0.15) is 13.2 Å². The van der Waals surface area contributed by atoms with Crippen LogP contribution in [0.3, 0.4) is 0 Å². The molecule has 2 heterocycles. The van der Waals surface area contributed by atoms with Crippen molar-refractivity contribution in [3.63, 3.8) is 0 Å². The molecule has 1 aromatic carbocycles. The van der Waals surface area contributed by atoms with Gasteiger partial charge in [0.25, 0.3) is 0 Å². The molecule has 0 fully saturated rings. The fourth-order valence-electron chi connectivity index (χ4n) is 2.47. The minimum Gasteiger partial charge on any atom is -0.454 e. The lowest BCUT2D eigenvalue weighted by molar-refractivity contribution is -0.137. The number of fused-ring (bicyclic) bond motifs is 1. The molecular weight excluding hydrogens is 309 g/mol. The molecule has 23 heavy (non-hydrogen) atoms. The smallest absolute Gasteiger partial charge is 0.419 e. The molecular formula is C16H15F3N2O2. The van der Waals surface area contributed by atoms with Gasteiger partial charge < -0.3 is 14.4 Å². The first-order valence-electron chi connectivity index (χ1n) is 7.14. The first-order chi connectivity index (χ1) is 11.0. The molecule has 1 aliphatic heterocycles. The Hall–Kier alpha value is -2.44. The number of nitrogens with zero attached hydrogens (tertiary/aromatic N) is 2. The van der Waals surface area contributed by atoms with Gasteiger partial charge in [-0.05, 0) is 36.8 Å². The van der Waals surface area contributed by atoms with E-state index in [2.05, 4.69) is 4.98 Å². The second-order valence-corrected chi connectivity index (χ2v) is 5.07. The van der Waals surface area contributed by atoms with E-state index in [1.54, 1.807) is 24.0 Å². The maximum absolute atomic E-state index is 13.2. The average Bonchev–Trinajstić information content (AvgIpc) is 2.99. The number of pyridine rings is 1. The van der Waals surface area contributed by atoms with Crippen molar-refractivity contribution in [2.24, 2.45) is 0 Å². The number of aromatic nitrogens is 1.